The molecule has 0 saturated carbocycles. The van der Waals surface area contributed by atoms with Gasteiger partial charge < -0.3 is 5.32 Å². The summed E-state index contributed by atoms with van der Waals surface area (Å²) in [6.07, 6.45) is 10.6. The zero-order chi connectivity index (χ0) is 19.3. The van der Waals surface area contributed by atoms with Crippen molar-refractivity contribution in [2.75, 3.05) is 6.54 Å². The fraction of sp³-hybridized carbons (Fsp3) is 0.391. The highest BCUT2D eigenvalue weighted by Crippen LogP contribution is 2.14. The number of hydrogen-bond acceptors (Lipinski definition) is 2. The van der Waals surface area contributed by atoms with Crippen molar-refractivity contribution < 1.29 is 4.79 Å². The standard InChI is InChI=1S/C23H29BrN2O/c1-2-3-4-5-6-7-8-17-25-23(27)20-11-15-22(16-12-20)26-18-19-9-13-21(24)14-10-19/h9-16,18H,2-8,17H2,1H3,(H,25,27). The number of carbonyl (C=O) groups excluding carboxylic acids is 1. The normalized spacial score (nSPS) is 11.0. The van der Waals surface area contributed by atoms with Crippen molar-refractivity contribution in [3.63, 3.8) is 0 Å². The van der Waals surface area contributed by atoms with E-state index in [-0.39, 0.29) is 5.91 Å². The van der Waals surface area contributed by atoms with E-state index in [1.807, 2.05) is 54.7 Å². The molecule has 0 fully saturated rings. The maximum absolute atomic E-state index is 12.2. The number of nitrogens with zero attached hydrogens (tertiary/aromatic N) is 1. The van der Waals surface area contributed by atoms with Crippen molar-refractivity contribution in [1.29, 1.82) is 0 Å². The zero-order valence-electron chi connectivity index (χ0n) is 16.1. The molecular formula is C23H29BrN2O. The van der Waals surface area contributed by atoms with Gasteiger partial charge in [0, 0.05) is 22.8 Å². The molecule has 2 rings (SSSR count). The maximum atomic E-state index is 12.2. The highest BCUT2D eigenvalue weighted by Gasteiger charge is 2.04. The second-order valence-corrected chi connectivity index (χ2v) is 7.65. The van der Waals surface area contributed by atoms with Crippen molar-refractivity contribution >= 4 is 33.7 Å². The Morgan fingerprint density at radius 1 is 0.926 bits per heavy atom. The summed E-state index contributed by atoms with van der Waals surface area (Å²) in [6.45, 7) is 2.98. The fourth-order valence-electron chi connectivity index (χ4n) is 2.78. The van der Waals surface area contributed by atoms with Gasteiger partial charge in [0.05, 0.1) is 5.69 Å². The van der Waals surface area contributed by atoms with E-state index in [4.69, 9.17) is 0 Å². The number of carbonyl (C=O) groups is 1. The van der Waals surface area contributed by atoms with Gasteiger partial charge in [0.1, 0.15) is 0 Å². The lowest BCUT2D eigenvalue weighted by Gasteiger charge is -2.05. The number of unbranched alkanes of at least 4 members (excludes halogenated alkanes) is 6. The molecule has 4 heteroatoms. The average Bonchev–Trinajstić information content (AvgIpc) is 2.70. The number of nitrogens with one attached hydrogen (secondary N) is 1. The van der Waals surface area contributed by atoms with E-state index in [2.05, 4.69) is 33.2 Å². The molecule has 0 aromatic heterocycles. The first-order valence-corrected chi connectivity index (χ1v) is 10.7. The van der Waals surface area contributed by atoms with Crippen molar-refractivity contribution in [2.45, 2.75) is 51.9 Å². The monoisotopic (exact) mass is 428 g/mol. The zero-order valence-corrected chi connectivity index (χ0v) is 17.7. The van der Waals surface area contributed by atoms with Crippen LogP contribution in [0, 0.1) is 0 Å². The topological polar surface area (TPSA) is 41.5 Å². The molecule has 0 aliphatic rings. The van der Waals surface area contributed by atoms with E-state index in [1.165, 1.54) is 38.5 Å². The lowest BCUT2D eigenvalue weighted by Crippen LogP contribution is -2.24. The average molecular weight is 429 g/mol. The van der Waals surface area contributed by atoms with Crippen molar-refractivity contribution in [1.82, 2.24) is 5.32 Å². The van der Waals surface area contributed by atoms with Crippen LogP contribution in [-0.2, 0) is 0 Å². The molecule has 0 atom stereocenters. The Morgan fingerprint density at radius 3 is 2.22 bits per heavy atom. The first kappa shape index (κ1) is 21.4. The molecule has 1 amide bonds. The second kappa shape index (κ2) is 12.4. The fourth-order valence-corrected chi connectivity index (χ4v) is 3.05. The minimum atomic E-state index is -0.00979. The lowest BCUT2D eigenvalue weighted by molar-refractivity contribution is 0.0953. The van der Waals surface area contributed by atoms with Crippen molar-refractivity contribution in [2.24, 2.45) is 4.99 Å². The molecule has 0 bridgehead atoms. The van der Waals surface area contributed by atoms with Gasteiger partial charge in [0.15, 0.2) is 0 Å². The quantitative estimate of drug-likeness (QED) is 0.314. The van der Waals surface area contributed by atoms with E-state index in [9.17, 15) is 4.79 Å². The Kier molecular flexibility index (Phi) is 9.85. The van der Waals surface area contributed by atoms with E-state index < -0.39 is 0 Å². The summed E-state index contributed by atoms with van der Waals surface area (Å²) in [5, 5.41) is 3.00. The molecule has 0 radical (unpaired) electrons. The molecule has 0 spiro atoms. The SMILES string of the molecule is CCCCCCCCCNC(=O)c1ccc(N=Cc2ccc(Br)cc2)cc1. The highest BCUT2D eigenvalue weighted by molar-refractivity contribution is 9.10. The van der Waals surface area contributed by atoms with Gasteiger partial charge in [-0.25, -0.2) is 0 Å². The molecule has 27 heavy (non-hydrogen) atoms. The number of halogens is 1. The van der Waals surface area contributed by atoms with Crippen LogP contribution in [0.5, 0.6) is 0 Å². The number of benzene rings is 2. The van der Waals surface area contributed by atoms with Gasteiger partial charge in [-0.05, 0) is 48.4 Å². The minimum Gasteiger partial charge on any atom is -0.352 e. The van der Waals surface area contributed by atoms with Gasteiger partial charge in [0.25, 0.3) is 5.91 Å². The second-order valence-electron chi connectivity index (χ2n) is 6.73. The predicted octanol–water partition coefficient (Wildman–Crippen LogP) is 6.68. The summed E-state index contributed by atoms with van der Waals surface area (Å²) >= 11 is 3.42. The number of amides is 1. The number of rotatable bonds is 11. The molecule has 1 N–H and O–H groups in total. The van der Waals surface area contributed by atoms with Crippen molar-refractivity contribution in [3.05, 3.63) is 64.1 Å². The molecule has 2 aromatic rings. The lowest BCUT2D eigenvalue weighted by atomic mass is 10.1. The largest absolute Gasteiger partial charge is 0.352 e. The van der Waals surface area contributed by atoms with E-state index >= 15 is 0 Å². The van der Waals surface area contributed by atoms with Crippen LogP contribution in [0.1, 0.15) is 67.8 Å². The van der Waals surface area contributed by atoms with Crippen LogP contribution in [-0.4, -0.2) is 18.7 Å². The minimum absolute atomic E-state index is 0.00979. The number of hydrogen-bond donors (Lipinski definition) is 1. The third-order valence-corrected chi connectivity index (χ3v) is 4.96. The van der Waals surface area contributed by atoms with Gasteiger partial charge in [-0.2, -0.15) is 0 Å². The summed E-state index contributed by atoms with van der Waals surface area (Å²) in [4.78, 5) is 16.6. The van der Waals surface area contributed by atoms with E-state index in [0.717, 1.165) is 28.7 Å². The Balaban J connectivity index is 1.71. The van der Waals surface area contributed by atoms with Crippen LogP contribution in [0.4, 0.5) is 5.69 Å². The molecule has 2 aromatic carbocycles. The van der Waals surface area contributed by atoms with E-state index in [1.54, 1.807) is 0 Å². The molecule has 0 aliphatic carbocycles. The third-order valence-electron chi connectivity index (χ3n) is 4.43. The van der Waals surface area contributed by atoms with Crippen molar-refractivity contribution in [3.8, 4) is 0 Å². The van der Waals surface area contributed by atoms with Crippen LogP contribution in [0.15, 0.2) is 58.0 Å². The summed E-state index contributed by atoms with van der Waals surface area (Å²) in [5.41, 5.74) is 2.55. The Bertz CT molecular complexity index is 708. The first-order chi connectivity index (χ1) is 13.2. The predicted molar refractivity (Wildman–Crippen MR) is 118 cm³/mol. The Hall–Kier alpha value is -1.94. The van der Waals surface area contributed by atoms with Crippen LogP contribution in [0.25, 0.3) is 0 Å². The van der Waals surface area contributed by atoms with Crippen LogP contribution < -0.4 is 5.32 Å². The molecule has 0 aliphatic heterocycles. The van der Waals surface area contributed by atoms with Gasteiger partial charge >= 0.3 is 0 Å². The summed E-state index contributed by atoms with van der Waals surface area (Å²) in [7, 11) is 0. The van der Waals surface area contributed by atoms with E-state index in [0.29, 0.717) is 5.56 Å². The van der Waals surface area contributed by atoms with Gasteiger partial charge in [0.2, 0.25) is 0 Å². The summed E-state index contributed by atoms with van der Waals surface area (Å²) in [6, 6.07) is 15.4. The van der Waals surface area contributed by atoms with Crippen LogP contribution in [0.2, 0.25) is 0 Å². The summed E-state index contributed by atoms with van der Waals surface area (Å²) < 4.78 is 1.05. The maximum Gasteiger partial charge on any atom is 0.251 e. The Labute approximate surface area is 171 Å². The smallest absolute Gasteiger partial charge is 0.251 e. The van der Waals surface area contributed by atoms with Gasteiger partial charge in [-0.1, -0.05) is 73.5 Å². The molecular weight excluding hydrogens is 400 g/mol. The molecule has 144 valence electrons. The summed E-state index contributed by atoms with van der Waals surface area (Å²) in [5.74, 6) is -0.00979. The first-order valence-electron chi connectivity index (χ1n) is 9.87. The third kappa shape index (κ3) is 8.53. The Morgan fingerprint density at radius 2 is 1.56 bits per heavy atom. The molecule has 0 heterocycles. The highest BCUT2D eigenvalue weighted by atomic mass is 79.9. The van der Waals surface area contributed by atoms with Gasteiger partial charge in [-0.15, -0.1) is 0 Å². The van der Waals surface area contributed by atoms with Crippen LogP contribution >= 0.6 is 15.9 Å². The van der Waals surface area contributed by atoms with Gasteiger partial charge in [-0.3, -0.25) is 9.79 Å². The molecule has 0 unspecified atom stereocenters. The van der Waals surface area contributed by atoms with Crippen LogP contribution in [0.3, 0.4) is 0 Å². The number of aliphatic imine (C=N–C) groups is 1. The molecule has 3 nitrogen and oxygen atoms in total. The molecule has 0 saturated heterocycles.